The van der Waals surface area contributed by atoms with Gasteiger partial charge in [0.1, 0.15) is 0 Å². The number of aryl methyl sites for hydroxylation is 1. The van der Waals surface area contributed by atoms with Gasteiger partial charge in [-0.25, -0.2) is 0 Å². The number of pyridine rings is 1. The van der Waals surface area contributed by atoms with Crippen LogP contribution in [0.4, 0.5) is 0 Å². The molecule has 17 heavy (non-hydrogen) atoms. The average molecular weight is 230 g/mol. The van der Waals surface area contributed by atoms with Gasteiger partial charge in [0.15, 0.2) is 0 Å². The molecule has 2 nitrogen and oxygen atoms in total. The van der Waals surface area contributed by atoms with Gasteiger partial charge in [0.05, 0.1) is 11.7 Å². The molecule has 0 aromatic carbocycles. The summed E-state index contributed by atoms with van der Waals surface area (Å²) in [6.45, 7) is 5.35. The van der Waals surface area contributed by atoms with Gasteiger partial charge in [-0.2, -0.15) is 0 Å². The zero-order valence-corrected chi connectivity index (χ0v) is 10.9. The lowest BCUT2D eigenvalue weighted by atomic mass is 10.0. The lowest BCUT2D eigenvalue weighted by molar-refractivity contribution is 0.491. The normalized spacial score (nSPS) is 12.1. The number of rotatable bonds is 7. The first-order valence-corrected chi connectivity index (χ1v) is 6.44. The van der Waals surface area contributed by atoms with Crippen molar-refractivity contribution in [2.45, 2.75) is 45.6 Å². The zero-order chi connectivity index (χ0) is 12.5. The molecule has 1 aromatic rings. The highest BCUT2D eigenvalue weighted by Gasteiger charge is 2.14. The van der Waals surface area contributed by atoms with E-state index in [2.05, 4.69) is 36.1 Å². The van der Waals surface area contributed by atoms with E-state index in [4.69, 9.17) is 6.42 Å². The highest BCUT2D eigenvalue weighted by atomic mass is 14.9. The van der Waals surface area contributed by atoms with Crippen molar-refractivity contribution >= 4 is 0 Å². The standard InChI is InChI=1S/C15H22N2/c1-4-7-10-14(16-11-5-2)15-13(6-3)9-8-12-17-15/h1,8-9,12,14,16H,5-7,10-11H2,2-3H3. The minimum absolute atomic E-state index is 0.294. The average Bonchev–Trinajstić information content (AvgIpc) is 2.39. The maximum atomic E-state index is 5.36. The molecule has 1 rings (SSSR count). The molecule has 1 aromatic heterocycles. The van der Waals surface area contributed by atoms with E-state index in [0.717, 1.165) is 32.2 Å². The Morgan fingerprint density at radius 2 is 2.29 bits per heavy atom. The van der Waals surface area contributed by atoms with Crippen LogP contribution >= 0.6 is 0 Å². The van der Waals surface area contributed by atoms with E-state index in [1.54, 1.807) is 0 Å². The number of nitrogens with zero attached hydrogens (tertiary/aromatic N) is 1. The van der Waals surface area contributed by atoms with Gasteiger partial charge in [-0.15, -0.1) is 12.3 Å². The lowest BCUT2D eigenvalue weighted by Crippen LogP contribution is -2.24. The van der Waals surface area contributed by atoms with E-state index < -0.39 is 0 Å². The molecule has 92 valence electrons. The number of hydrogen-bond donors (Lipinski definition) is 1. The Morgan fingerprint density at radius 1 is 1.47 bits per heavy atom. The Morgan fingerprint density at radius 3 is 2.94 bits per heavy atom. The maximum absolute atomic E-state index is 5.36. The lowest BCUT2D eigenvalue weighted by Gasteiger charge is -2.19. The fraction of sp³-hybridized carbons (Fsp3) is 0.533. The van der Waals surface area contributed by atoms with E-state index in [1.807, 2.05) is 12.3 Å². The highest BCUT2D eigenvalue weighted by Crippen LogP contribution is 2.20. The van der Waals surface area contributed by atoms with E-state index in [9.17, 15) is 0 Å². The molecule has 0 amide bonds. The molecular formula is C15H22N2. The summed E-state index contributed by atoms with van der Waals surface area (Å²) in [4.78, 5) is 4.52. The third-order valence-electron chi connectivity index (χ3n) is 2.86. The van der Waals surface area contributed by atoms with Crippen molar-refractivity contribution in [3.8, 4) is 12.3 Å². The molecule has 2 heteroatoms. The molecule has 0 aliphatic rings. The predicted molar refractivity (Wildman–Crippen MR) is 72.7 cm³/mol. The van der Waals surface area contributed by atoms with Crippen molar-refractivity contribution in [1.29, 1.82) is 0 Å². The molecule has 1 heterocycles. The van der Waals surface area contributed by atoms with Crippen molar-refractivity contribution in [3.05, 3.63) is 29.6 Å². The Balaban J connectivity index is 2.83. The van der Waals surface area contributed by atoms with E-state index in [-0.39, 0.29) is 0 Å². The Bertz CT molecular complexity index is 365. The van der Waals surface area contributed by atoms with Crippen molar-refractivity contribution in [3.63, 3.8) is 0 Å². The van der Waals surface area contributed by atoms with Gasteiger partial charge < -0.3 is 5.32 Å². The van der Waals surface area contributed by atoms with Crippen molar-refractivity contribution in [2.75, 3.05) is 6.54 Å². The Labute approximate surface area is 105 Å². The van der Waals surface area contributed by atoms with Crippen LogP contribution in [0.1, 0.15) is 50.4 Å². The van der Waals surface area contributed by atoms with E-state index in [1.165, 1.54) is 11.3 Å². The van der Waals surface area contributed by atoms with Crippen LogP contribution in [0.25, 0.3) is 0 Å². The van der Waals surface area contributed by atoms with Crippen LogP contribution in [0.15, 0.2) is 18.3 Å². The monoisotopic (exact) mass is 230 g/mol. The first kappa shape index (κ1) is 13.7. The summed E-state index contributed by atoms with van der Waals surface area (Å²) >= 11 is 0. The quantitative estimate of drug-likeness (QED) is 0.728. The van der Waals surface area contributed by atoms with E-state index >= 15 is 0 Å². The molecular weight excluding hydrogens is 208 g/mol. The van der Waals surface area contributed by atoms with Gasteiger partial charge in [0.2, 0.25) is 0 Å². The minimum Gasteiger partial charge on any atom is -0.309 e. The summed E-state index contributed by atoms with van der Waals surface area (Å²) < 4.78 is 0. The van der Waals surface area contributed by atoms with Gasteiger partial charge in [-0.1, -0.05) is 19.9 Å². The number of aromatic nitrogens is 1. The second-order valence-electron chi connectivity index (χ2n) is 4.15. The topological polar surface area (TPSA) is 24.9 Å². The summed E-state index contributed by atoms with van der Waals surface area (Å²) in [5.74, 6) is 2.71. The number of nitrogens with one attached hydrogen (secondary N) is 1. The zero-order valence-electron chi connectivity index (χ0n) is 10.9. The number of hydrogen-bond acceptors (Lipinski definition) is 2. The third kappa shape index (κ3) is 4.20. The largest absolute Gasteiger partial charge is 0.309 e. The fourth-order valence-electron chi connectivity index (χ4n) is 1.95. The van der Waals surface area contributed by atoms with Crippen LogP contribution in [0.5, 0.6) is 0 Å². The molecule has 1 unspecified atom stereocenters. The van der Waals surface area contributed by atoms with Crippen LogP contribution in [-0.4, -0.2) is 11.5 Å². The van der Waals surface area contributed by atoms with Crippen LogP contribution in [-0.2, 0) is 6.42 Å². The molecule has 0 spiro atoms. The molecule has 0 radical (unpaired) electrons. The Kier molecular flexibility index (Phi) is 6.35. The molecule has 0 bridgehead atoms. The second kappa shape index (κ2) is 7.86. The summed E-state index contributed by atoms with van der Waals surface area (Å²) in [6, 6.07) is 4.45. The van der Waals surface area contributed by atoms with Gasteiger partial charge in [0, 0.05) is 12.6 Å². The van der Waals surface area contributed by atoms with Crippen LogP contribution < -0.4 is 5.32 Å². The highest BCUT2D eigenvalue weighted by molar-refractivity contribution is 5.23. The predicted octanol–water partition coefficient (Wildman–Crippen LogP) is 3.10. The molecule has 0 saturated heterocycles. The fourth-order valence-corrected chi connectivity index (χ4v) is 1.95. The molecule has 0 saturated carbocycles. The first-order valence-electron chi connectivity index (χ1n) is 6.44. The van der Waals surface area contributed by atoms with Gasteiger partial charge in [-0.05, 0) is 37.4 Å². The van der Waals surface area contributed by atoms with Crippen LogP contribution in [0.2, 0.25) is 0 Å². The minimum atomic E-state index is 0.294. The van der Waals surface area contributed by atoms with Crippen molar-refractivity contribution in [2.24, 2.45) is 0 Å². The molecule has 0 aliphatic carbocycles. The van der Waals surface area contributed by atoms with Gasteiger partial charge >= 0.3 is 0 Å². The first-order chi connectivity index (χ1) is 8.33. The van der Waals surface area contributed by atoms with Crippen molar-refractivity contribution < 1.29 is 0 Å². The second-order valence-corrected chi connectivity index (χ2v) is 4.15. The van der Waals surface area contributed by atoms with Gasteiger partial charge in [-0.3, -0.25) is 4.98 Å². The summed E-state index contributed by atoms with van der Waals surface area (Å²) in [6.07, 6.45) is 11.1. The Hall–Kier alpha value is -1.33. The summed E-state index contributed by atoms with van der Waals surface area (Å²) in [5.41, 5.74) is 2.48. The smallest absolute Gasteiger partial charge is 0.0605 e. The molecule has 0 aliphatic heterocycles. The maximum Gasteiger partial charge on any atom is 0.0605 e. The van der Waals surface area contributed by atoms with Crippen LogP contribution in [0.3, 0.4) is 0 Å². The SMILES string of the molecule is C#CCCC(NCCC)c1ncccc1CC. The van der Waals surface area contributed by atoms with E-state index in [0.29, 0.717) is 6.04 Å². The molecule has 0 fully saturated rings. The summed E-state index contributed by atoms with van der Waals surface area (Å²) in [7, 11) is 0. The molecule has 1 atom stereocenters. The van der Waals surface area contributed by atoms with Gasteiger partial charge in [0.25, 0.3) is 0 Å². The number of terminal acetylenes is 1. The van der Waals surface area contributed by atoms with Crippen molar-refractivity contribution in [1.82, 2.24) is 10.3 Å². The summed E-state index contributed by atoms with van der Waals surface area (Å²) in [5, 5.41) is 3.54. The third-order valence-corrected chi connectivity index (χ3v) is 2.86. The van der Waals surface area contributed by atoms with Crippen LogP contribution in [0, 0.1) is 12.3 Å². The molecule has 1 N–H and O–H groups in total.